The minimum Gasteiger partial charge on any atom is -0.468 e. The van der Waals surface area contributed by atoms with Crippen molar-refractivity contribution in [1.82, 2.24) is 5.32 Å². The largest absolute Gasteiger partial charge is 0.468 e. The number of ether oxygens (including phenoxy) is 1. The molecule has 1 N–H and O–H groups in total. The van der Waals surface area contributed by atoms with Crippen LogP contribution >= 0.6 is 27.5 Å². The summed E-state index contributed by atoms with van der Waals surface area (Å²) in [6.45, 7) is 1.76. The van der Waals surface area contributed by atoms with E-state index in [1.54, 1.807) is 13.0 Å². The summed E-state index contributed by atoms with van der Waals surface area (Å²) in [6.07, 6.45) is 0.375. The summed E-state index contributed by atoms with van der Waals surface area (Å²) in [5.41, 5.74) is -0.205. The van der Waals surface area contributed by atoms with Crippen molar-refractivity contribution in [1.29, 1.82) is 0 Å². The minimum absolute atomic E-state index is 0.0775. The number of hydrogen-bond donors (Lipinski definition) is 1. The number of nitrogens with one attached hydrogen (secondary N) is 1. The zero-order valence-corrected chi connectivity index (χ0v) is 16.9. The Balaban J connectivity index is 1.86. The maximum absolute atomic E-state index is 13.3. The summed E-state index contributed by atoms with van der Waals surface area (Å²) in [6, 6.07) is 11.3. The number of piperidine rings is 1. The first-order valence-electron chi connectivity index (χ1n) is 8.00. The van der Waals surface area contributed by atoms with Crippen LogP contribution < -0.4 is 10.1 Å². The summed E-state index contributed by atoms with van der Waals surface area (Å²) < 4.78 is 33.2. The summed E-state index contributed by atoms with van der Waals surface area (Å²) in [5.74, 6) is -0.469. The molecule has 2 aliphatic rings. The van der Waals surface area contributed by atoms with Gasteiger partial charge in [0.25, 0.3) is 0 Å². The van der Waals surface area contributed by atoms with E-state index in [1.165, 1.54) is 24.3 Å². The van der Waals surface area contributed by atoms with Crippen LogP contribution in [0.2, 0.25) is 5.02 Å². The molecule has 3 atom stereocenters. The van der Waals surface area contributed by atoms with Gasteiger partial charge in [0.2, 0.25) is 5.91 Å². The van der Waals surface area contributed by atoms with Gasteiger partial charge in [0.1, 0.15) is 5.75 Å². The number of carbonyl (C=O) groups is 1. The Morgan fingerprint density at radius 1 is 1.23 bits per heavy atom. The Morgan fingerprint density at radius 3 is 2.62 bits per heavy atom. The highest BCUT2D eigenvalue weighted by Gasteiger charge is 2.54. The number of rotatable bonds is 2. The topological polar surface area (TPSA) is 72.5 Å². The number of carbonyl (C=O) groups excluding carboxylic acids is 1. The predicted octanol–water partition coefficient (Wildman–Crippen LogP) is 3.66. The van der Waals surface area contributed by atoms with E-state index in [2.05, 4.69) is 21.2 Å². The summed E-state index contributed by atoms with van der Waals surface area (Å²) in [4.78, 5) is 12.9. The number of hydrogen-bond acceptors (Lipinski definition) is 4. The van der Waals surface area contributed by atoms with Crippen LogP contribution in [0.3, 0.4) is 0 Å². The summed E-state index contributed by atoms with van der Waals surface area (Å²) >= 11 is 9.28. The van der Waals surface area contributed by atoms with Crippen molar-refractivity contribution in [2.45, 2.75) is 35.1 Å². The highest BCUT2D eigenvalue weighted by Crippen LogP contribution is 2.47. The predicted molar refractivity (Wildman–Crippen MR) is 101 cm³/mol. The maximum atomic E-state index is 13.3. The van der Waals surface area contributed by atoms with Crippen LogP contribution in [0.4, 0.5) is 0 Å². The second kappa shape index (κ2) is 5.97. The zero-order chi connectivity index (χ0) is 18.7. The second-order valence-corrected chi connectivity index (χ2v) is 10.2. The van der Waals surface area contributed by atoms with Gasteiger partial charge in [-0.15, -0.1) is 0 Å². The Morgan fingerprint density at radius 2 is 1.92 bits per heavy atom. The highest BCUT2D eigenvalue weighted by molar-refractivity contribution is 9.10. The van der Waals surface area contributed by atoms with Gasteiger partial charge in [0, 0.05) is 27.4 Å². The quantitative estimate of drug-likeness (QED) is 0.748. The number of amides is 1. The third-order valence-electron chi connectivity index (χ3n) is 4.80. The van der Waals surface area contributed by atoms with Crippen LogP contribution in [0.1, 0.15) is 24.8 Å². The molecule has 1 fully saturated rings. The first kappa shape index (κ1) is 17.8. The molecule has 4 rings (SSSR count). The van der Waals surface area contributed by atoms with Crippen molar-refractivity contribution in [3.8, 4) is 5.75 Å². The van der Waals surface area contributed by atoms with E-state index in [4.69, 9.17) is 16.3 Å². The van der Waals surface area contributed by atoms with E-state index in [9.17, 15) is 13.2 Å². The number of sulfone groups is 1. The lowest BCUT2D eigenvalue weighted by Crippen LogP contribution is -2.63. The summed E-state index contributed by atoms with van der Waals surface area (Å²) in [5, 5.41) is 1.95. The van der Waals surface area contributed by atoms with Gasteiger partial charge in [0.15, 0.2) is 20.8 Å². The zero-order valence-electron chi connectivity index (χ0n) is 13.7. The minimum atomic E-state index is -3.90. The van der Waals surface area contributed by atoms with Gasteiger partial charge in [-0.25, -0.2) is 8.42 Å². The van der Waals surface area contributed by atoms with Crippen molar-refractivity contribution < 1.29 is 17.9 Å². The average Bonchev–Trinajstić information content (AvgIpc) is 2.55. The lowest BCUT2D eigenvalue weighted by molar-refractivity contribution is -0.132. The van der Waals surface area contributed by atoms with Crippen LogP contribution in [0.15, 0.2) is 51.8 Å². The fraction of sp³-hybridized carbons (Fsp3) is 0.278. The van der Waals surface area contributed by atoms with Gasteiger partial charge < -0.3 is 10.1 Å². The molecular weight excluding hydrogens is 442 g/mol. The standard InChI is InChI=1S/C18H15BrClNO4S/c1-18-9-14(13-8-10(19)2-7-15(13)25-18)16(17(22)21-18)26(23,24)12-5-3-11(20)4-6-12/h2-8,14,16H,9H2,1H3,(H,21,22)/t14-,16-,18-/m0/s1. The molecule has 2 heterocycles. The second-order valence-electron chi connectivity index (χ2n) is 6.73. The fourth-order valence-electron chi connectivity index (χ4n) is 3.71. The monoisotopic (exact) mass is 455 g/mol. The molecule has 1 saturated heterocycles. The van der Waals surface area contributed by atoms with Gasteiger partial charge in [-0.3, -0.25) is 4.79 Å². The van der Waals surface area contributed by atoms with E-state index in [0.717, 1.165) is 4.47 Å². The van der Waals surface area contributed by atoms with E-state index >= 15 is 0 Å². The van der Waals surface area contributed by atoms with Crippen molar-refractivity contribution in [2.75, 3.05) is 0 Å². The maximum Gasteiger partial charge on any atom is 0.242 e. The third-order valence-corrected chi connectivity index (χ3v) is 7.69. The SMILES string of the molecule is C[C@@]12C[C@@H](c3cc(Br)ccc3O1)[C@H](S(=O)(=O)c1ccc(Cl)cc1)C(=O)N2. The van der Waals surface area contributed by atoms with Gasteiger partial charge >= 0.3 is 0 Å². The normalized spacial score (nSPS) is 27.3. The van der Waals surface area contributed by atoms with Crippen molar-refractivity contribution in [3.63, 3.8) is 0 Å². The molecule has 2 aromatic rings. The number of fused-ring (bicyclic) bond motifs is 4. The molecule has 2 aliphatic heterocycles. The third kappa shape index (κ3) is 2.82. The van der Waals surface area contributed by atoms with E-state index < -0.39 is 32.6 Å². The number of benzene rings is 2. The lowest BCUT2D eigenvalue weighted by atomic mass is 9.81. The molecule has 26 heavy (non-hydrogen) atoms. The van der Waals surface area contributed by atoms with Gasteiger partial charge in [-0.05, 0) is 49.4 Å². The van der Waals surface area contributed by atoms with Crippen LogP contribution in [0, 0.1) is 0 Å². The van der Waals surface area contributed by atoms with Crippen molar-refractivity contribution >= 4 is 43.3 Å². The molecule has 136 valence electrons. The number of halogens is 2. The molecule has 2 bridgehead atoms. The van der Waals surface area contributed by atoms with Crippen molar-refractivity contribution in [2.24, 2.45) is 0 Å². The molecule has 0 aliphatic carbocycles. The Bertz CT molecular complexity index is 1010. The Hall–Kier alpha value is -1.57. The molecule has 0 aromatic heterocycles. The Labute approximate surface area is 164 Å². The molecule has 8 heteroatoms. The lowest BCUT2D eigenvalue weighted by Gasteiger charge is -2.46. The van der Waals surface area contributed by atoms with E-state index in [-0.39, 0.29) is 4.90 Å². The highest BCUT2D eigenvalue weighted by atomic mass is 79.9. The molecule has 5 nitrogen and oxygen atoms in total. The summed E-state index contributed by atoms with van der Waals surface area (Å²) in [7, 11) is -3.90. The van der Waals surface area contributed by atoms with Crippen LogP contribution in [0.5, 0.6) is 5.75 Å². The van der Waals surface area contributed by atoms with Gasteiger partial charge in [-0.2, -0.15) is 0 Å². The molecule has 0 spiro atoms. The fourth-order valence-corrected chi connectivity index (χ4v) is 6.03. The van der Waals surface area contributed by atoms with E-state index in [1.807, 2.05) is 12.1 Å². The van der Waals surface area contributed by atoms with Crippen LogP contribution in [0.25, 0.3) is 0 Å². The van der Waals surface area contributed by atoms with Gasteiger partial charge in [0.05, 0.1) is 4.90 Å². The Kier molecular flexibility index (Phi) is 4.09. The van der Waals surface area contributed by atoms with Crippen molar-refractivity contribution in [3.05, 3.63) is 57.5 Å². The molecular formula is C18H15BrClNO4S. The molecule has 2 aromatic carbocycles. The molecule has 1 amide bonds. The van der Waals surface area contributed by atoms with Gasteiger partial charge in [-0.1, -0.05) is 27.5 Å². The smallest absolute Gasteiger partial charge is 0.242 e. The first-order valence-corrected chi connectivity index (χ1v) is 10.7. The van der Waals surface area contributed by atoms with Crippen LogP contribution in [-0.2, 0) is 14.6 Å². The first-order chi connectivity index (χ1) is 12.2. The molecule has 0 saturated carbocycles. The molecule has 0 radical (unpaired) electrons. The molecule has 0 unspecified atom stereocenters. The average molecular weight is 457 g/mol. The van der Waals surface area contributed by atoms with Crippen LogP contribution in [-0.4, -0.2) is 25.3 Å². The van der Waals surface area contributed by atoms with E-state index in [0.29, 0.717) is 22.8 Å².